The van der Waals surface area contributed by atoms with Crippen LogP contribution in [0, 0.1) is 5.92 Å². The van der Waals surface area contributed by atoms with Crippen LogP contribution in [0.4, 0.5) is 0 Å². The molecule has 0 aromatic heterocycles. The maximum Gasteiger partial charge on any atom is 1.00 e. The summed E-state index contributed by atoms with van der Waals surface area (Å²) >= 11 is 0. The summed E-state index contributed by atoms with van der Waals surface area (Å²) in [4.78, 5) is 0. The third-order valence-electron chi connectivity index (χ3n) is 2.15. The minimum atomic E-state index is 0. The van der Waals surface area contributed by atoms with Crippen molar-refractivity contribution in [2.45, 2.75) is 24.9 Å². The maximum absolute atomic E-state index is 5.22. The predicted molar refractivity (Wildman–Crippen MR) is 26.8 cm³/mol. The molecule has 3 fully saturated rings. The molecule has 0 atom stereocenters. The molecule has 0 radical (unpaired) electrons. The van der Waals surface area contributed by atoms with E-state index in [2.05, 4.69) is 0 Å². The van der Waals surface area contributed by atoms with Crippen LogP contribution in [-0.2, 0) is 4.74 Å². The van der Waals surface area contributed by atoms with Crippen LogP contribution < -0.4 is 18.9 Å². The van der Waals surface area contributed by atoms with Crippen molar-refractivity contribution in [2.24, 2.45) is 0 Å². The summed E-state index contributed by atoms with van der Waals surface area (Å²) in [5.41, 5.74) is 0.370. The van der Waals surface area contributed by atoms with Gasteiger partial charge < -0.3 is 10.7 Å². The Balaban J connectivity index is 0.000000320. The fourth-order valence-corrected chi connectivity index (χ4v) is 1.43. The summed E-state index contributed by atoms with van der Waals surface area (Å²) in [6.45, 7) is 0. The van der Waals surface area contributed by atoms with Gasteiger partial charge in [0.2, 0.25) is 0 Å². The van der Waals surface area contributed by atoms with Crippen LogP contribution >= 0.6 is 0 Å². The van der Waals surface area contributed by atoms with Gasteiger partial charge in [0.15, 0.2) is 0 Å². The fraction of sp³-hybridized carbons (Fsp3) is 0.833. The molecule has 0 amide bonds. The quantitative estimate of drug-likeness (QED) is 0.280. The largest absolute Gasteiger partial charge is 1.00 e. The summed E-state index contributed by atoms with van der Waals surface area (Å²) in [5, 5.41) is 0. The van der Waals surface area contributed by atoms with Crippen molar-refractivity contribution in [3.05, 3.63) is 5.92 Å². The Morgan fingerprint density at radius 2 is 1.88 bits per heavy atom. The molecule has 1 nitrogen and oxygen atoms in total. The molecule has 8 heavy (non-hydrogen) atoms. The second-order valence-electron chi connectivity index (χ2n) is 2.67. The Morgan fingerprint density at radius 3 is 1.88 bits per heavy atom. The van der Waals surface area contributed by atoms with E-state index in [1.165, 1.54) is 19.3 Å². The van der Waals surface area contributed by atoms with Gasteiger partial charge in [0.05, 0.1) is 0 Å². The average Bonchev–Trinajstić information content (AvgIpc) is 1.25. The second kappa shape index (κ2) is 1.77. The number of hydrogen-bond acceptors (Lipinski definition) is 1. The van der Waals surface area contributed by atoms with Gasteiger partial charge in [0.1, 0.15) is 0 Å². The van der Waals surface area contributed by atoms with E-state index in [1.54, 1.807) is 5.92 Å². The zero-order valence-electron chi connectivity index (χ0n) is 5.53. The molecule has 3 aliphatic carbocycles. The van der Waals surface area contributed by atoms with Crippen LogP contribution in [0.2, 0.25) is 0 Å². The van der Waals surface area contributed by atoms with E-state index in [0.29, 0.717) is 5.60 Å². The maximum atomic E-state index is 5.22. The summed E-state index contributed by atoms with van der Waals surface area (Å²) in [5.74, 6) is 1.71. The number of hydrogen-bond donors (Lipinski definition) is 0. The van der Waals surface area contributed by atoms with Gasteiger partial charge in [-0.3, -0.25) is 0 Å². The number of methoxy groups -OCH3 is 1. The summed E-state index contributed by atoms with van der Waals surface area (Å²) in [6.07, 6.45) is 3.80. The van der Waals surface area contributed by atoms with Crippen LogP contribution in [-0.4, -0.2) is 12.7 Å². The van der Waals surface area contributed by atoms with Gasteiger partial charge >= 0.3 is 18.9 Å². The van der Waals surface area contributed by atoms with Crippen molar-refractivity contribution < 1.29 is 23.6 Å². The Hall–Kier alpha value is 0.557. The van der Waals surface area contributed by atoms with Crippen molar-refractivity contribution in [1.29, 1.82) is 0 Å². The molecule has 0 aliphatic heterocycles. The first-order valence-electron chi connectivity index (χ1n) is 2.73. The Morgan fingerprint density at radius 1 is 1.38 bits per heavy atom. The molecular formula is C6H9LiO. The molecule has 0 heterocycles. The van der Waals surface area contributed by atoms with E-state index in [1.807, 2.05) is 7.11 Å². The minimum Gasteiger partial charge on any atom is -0.386 e. The smallest absolute Gasteiger partial charge is 0.386 e. The van der Waals surface area contributed by atoms with Gasteiger partial charge in [-0.2, -0.15) is 19.3 Å². The van der Waals surface area contributed by atoms with Crippen molar-refractivity contribution in [2.75, 3.05) is 7.11 Å². The molecule has 0 N–H and O–H groups in total. The normalized spacial score (nSPS) is 29.6. The SMILES string of the molecule is COC12C[C-](C1)C2.[Li+]. The predicted octanol–water partition coefficient (Wildman–Crippen LogP) is -1.85. The van der Waals surface area contributed by atoms with Crippen LogP contribution in [0.3, 0.4) is 0 Å². The van der Waals surface area contributed by atoms with Crippen molar-refractivity contribution in [3.63, 3.8) is 0 Å². The van der Waals surface area contributed by atoms with Gasteiger partial charge in [-0.25, -0.2) is 0 Å². The standard InChI is InChI=1S/C6H9O.Li/c1-7-6-2-5(3-6)4-6;/h2-4H2,1H3;/q-1;+1. The monoisotopic (exact) mass is 104 g/mol. The van der Waals surface area contributed by atoms with Crippen LogP contribution in [0.5, 0.6) is 0 Å². The van der Waals surface area contributed by atoms with Crippen LogP contribution in [0.15, 0.2) is 0 Å². The van der Waals surface area contributed by atoms with E-state index in [0.717, 1.165) is 0 Å². The van der Waals surface area contributed by atoms with Gasteiger partial charge in [0.25, 0.3) is 0 Å². The minimum absolute atomic E-state index is 0. The summed E-state index contributed by atoms with van der Waals surface area (Å²) in [7, 11) is 1.82. The Bertz CT molecular complexity index is 79.7. The van der Waals surface area contributed by atoms with Gasteiger partial charge in [0, 0.05) is 7.11 Å². The van der Waals surface area contributed by atoms with Gasteiger partial charge in [-0.05, 0) is 5.60 Å². The average molecular weight is 104 g/mol. The summed E-state index contributed by atoms with van der Waals surface area (Å²) in [6, 6.07) is 0. The topological polar surface area (TPSA) is 9.23 Å². The molecule has 2 bridgehead atoms. The van der Waals surface area contributed by atoms with Crippen molar-refractivity contribution >= 4 is 0 Å². The summed E-state index contributed by atoms with van der Waals surface area (Å²) < 4.78 is 5.22. The fourth-order valence-electron chi connectivity index (χ4n) is 1.43. The first kappa shape index (κ1) is 6.67. The van der Waals surface area contributed by atoms with E-state index < -0.39 is 0 Å². The van der Waals surface area contributed by atoms with E-state index >= 15 is 0 Å². The third kappa shape index (κ3) is 0.588. The van der Waals surface area contributed by atoms with E-state index in [9.17, 15) is 0 Å². The molecule has 3 saturated carbocycles. The Kier molecular flexibility index (Phi) is 1.48. The van der Waals surface area contributed by atoms with Crippen molar-refractivity contribution in [3.8, 4) is 0 Å². The van der Waals surface area contributed by atoms with Crippen LogP contribution in [0.1, 0.15) is 19.3 Å². The van der Waals surface area contributed by atoms with Gasteiger partial charge in [-0.1, -0.05) is 0 Å². The first-order valence-corrected chi connectivity index (χ1v) is 2.73. The Labute approximate surface area is 62.0 Å². The number of ether oxygens (including phenoxy) is 1. The molecule has 2 heteroatoms. The second-order valence-corrected chi connectivity index (χ2v) is 2.67. The van der Waals surface area contributed by atoms with Crippen molar-refractivity contribution in [1.82, 2.24) is 0 Å². The van der Waals surface area contributed by atoms with Gasteiger partial charge in [-0.15, -0.1) is 0 Å². The third-order valence-corrected chi connectivity index (χ3v) is 2.15. The first-order chi connectivity index (χ1) is 3.35. The van der Waals surface area contributed by atoms with E-state index in [4.69, 9.17) is 4.74 Å². The molecular weight excluding hydrogens is 95.0 g/mol. The zero-order valence-corrected chi connectivity index (χ0v) is 5.53. The molecule has 3 aliphatic rings. The van der Waals surface area contributed by atoms with Crippen LogP contribution in [0.25, 0.3) is 0 Å². The molecule has 0 saturated heterocycles. The van der Waals surface area contributed by atoms with E-state index in [-0.39, 0.29) is 18.9 Å². The molecule has 0 unspecified atom stereocenters. The molecule has 0 aromatic rings. The molecule has 0 aromatic carbocycles. The molecule has 3 rings (SSSR count). The number of rotatable bonds is 1. The zero-order chi connectivity index (χ0) is 4.91. The molecule has 0 spiro atoms. The molecule has 40 valence electrons.